The number of methoxy groups -OCH3 is 1. The number of hydrogen-bond acceptors (Lipinski definition) is 4. The first-order valence-corrected chi connectivity index (χ1v) is 11.4. The van der Waals surface area contributed by atoms with Crippen LogP contribution in [0, 0.1) is 5.92 Å². The van der Waals surface area contributed by atoms with Crippen LogP contribution in [0.25, 0.3) is 16.6 Å². The van der Waals surface area contributed by atoms with Crippen molar-refractivity contribution in [2.75, 3.05) is 12.4 Å². The molecule has 0 bridgehead atoms. The third-order valence-electron chi connectivity index (χ3n) is 5.87. The van der Waals surface area contributed by atoms with E-state index in [1.807, 2.05) is 48.5 Å². The van der Waals surface area contributed by atoms with Crippen molar-refractivity contribution in [1.82, 2.24) is 15.1 Å². The lowest BCUT2D eigenvalue weighted by Crippen LogP contribution is -2.24. The Bertz CT molecular complexity index is 1390. The molecule has 0 atom stereocenters. The quantitative estimate of drug-likeness (QED) is 0.396. The number of carbonyl (C=O) groups excluding carboxylic acids is 2. The Kier molecular flexibility index (Phi) is 5.94. The molecule has 2 amide bonds. The van der Waals surface area contributed by atoms with Gasteiger partial charge >= 0.3 is 0 Å². The summed E-state index contributed by atoms with van der Waals surface area (Å²) >= 11 is 6.34. The second kappa shape index (κ2) is 9.19. The second-order valence-electron chi connectivity index (χ2n) is 8.23. The third kappa shape index (κ3) is 4.34. The highest BCUT2D eigenvalue weighted by molar-refractivity contribution is 6.34. The van der Waals surface area contributed by atoms with Gasteiger partial charge in [-0.05, 0) is 54.8 Å². The standard InChI is InChI=1S/C26H23ClN4O3/c1-34-24-8-3-2-6-23(24)31-22-7-4-5-21(19(22)15-29-31)30-26(33)18-13-16(9-12-20(18)27)14-28-25(32)17-10-11-17/h2-9,12-13,15,17H,10-11,14H2,1H3,(H,28,32)(H,30,33). The van der Waals surface area contributed by atoms with Crippen LogP contribution in [-0.2, 0) is 11.3 Å². The minimum Gasteiger partial charge on any atom is -0.494 e. The fourth-order valence-corrected chi connectivity index (χ4v) is 4.09. The lowest BCUT2D eigenvalue weighted by Gasteiger charge is -2.11. The zero-order valence-corrected chi connectivity index (χ0v) is 19.3. The Morgan fingerprint density at radius 2 is 1.94 bits per heavy atom. The Hall–Kier alpha value is -3.84. The largest absolute Gasteiger partial charge is 0.494 e. The number of hydrogen-bond donors (Lipinski definition) is 2. The van der Waals surface area contributed by atoms with E-state index in [0.717, 1.165) is 35.0 Å². The van der Waals surface area contributed by atoms with Crippen molar-refractivity contribution in [2.45, 2.75) is 19.4 Å². The van der Waals surface area contributed by atoms with Crippen LogP contribution in [0.5, 0.6) is 5.75 Å². The highest BCUT2D eigenvalue weighted by atomic mass is 35.5. The molecule has 1 saturated carbocycles. The summed E-state index contributed by atoms with van der Waals surface area (Å²) in [6.45, 7) is 0.355. The van der Waals surface area contributed by atoms with E-state index in [-0.39, 0.29) is 17.7 Å². The summed E-state index contributed by atoms with van der Waals surface area (Å²) in [5, 5.41) is 11.5. The van der Waals surface area contributed by atoms with Crippen LogP contribution in [0.1, 0.15) is 28.8 Å². The average molecular weight is 475 g/mol. The number of halogens is 1. The predicted octanol–water partition coefficient (Wildman–Crippen LogP) is 4.97. The van der Waals surface area contributed by atoms with E-state index in [1.54, 1.807) is 30.1 Å². The maximum Gasteiger partial charge on any atom is 0.257 e. The number of para-hydroxylation sites is 2. The first-order chi connectivity index (χ1) is 16.5. The molecule has 1 aliphatic rings. The molecule has 0 spiro atoms. The maximum atomic E-state index is 13.1. The number of carbonyl (C=O) groups is 2. The molecule has 0 radical (unpaired) electrons. The van der Waals surface area contributed by atoms with Crippen LogP contribution in [0.4, 0.5) is 5.69 Å². The van der Waals surface area contributed by atoms with Gasteiger partial charge in [-0.3, -0.25) is 9.59 Å². The van der Waals surface area contributed by atoms with Crippen LogP contribution in [0.3, 0.4) is 0 Å². The van der Waals surface area contributed by atoms with Crippen molar-refractivity contribution < 1.29 is 14.3 Å². The lowest BCUT2D eigenvalue weighted by molar-refractivity contribution is -0.122. The molecule has 0 aliphatic heterocycles. The number of nitrogens with one attached hydrogen (secondary N) is 2. The monoisotopic (exact) mass is 474 g/mol. The van der Waals surface area contributed by atoms with E-state index in [0.29, 0.717) is 28.6 Å². The van der Waals surface area contributed by atoms with Crippen LogP contribution in [-0.4, -0.2) is 28.7 Å². The van der Waals surface area contributed by atoms with Crippen molar-refractivity contribution in [3.63, 3.8) is 0 Å². The third-order valence-corrected chi connectivity index (χ3v) is 6.20. The van der Waals surface area contributed by atoms with Gasteiger partial charge in [-0.15, -0.1) is 0 Å². The van der Waals surface area contributed by atoms with Gasteiger partial charge in [0.15, 0.2) is 0 Å². The van der Waals surface area contributed by atoms with Crippen LogP contribution >= 0.6 is 11.6 Å². The second-order valence-corrected chi connectivity index (χ2v) is 8.63. The zero-order valence-electron chi connectivity index (χ0n) is 18.5. The Balaban J connectivity index is 1.40. The number of rotatable bonds is 7. The van der Waals surface area contributed by atoms with Crippen molar-refractivity contribution >= 4 is 40.0 Å². The first kappa shape index (κ1) is 22.0. The fraction of sp³-hybridized carbons (Fsp3) is 0.192. The van der Waals surface area contributed by atoms with Crippen molar-refractivity contribution in [2.24, 2.45) is 5.92 Å². The summed E-state index contributed by atoms with van der Waals surface area (Å²) in [5.41, 5.74) is 3.39. The van der Waals surface area contributed by atoms with Crippen molar-refractivity contribution in [1.29, 1.82) is 0 Å². The molecule has 2 N–H and O–H groups in total. The molecule has 0 saturated heterocycles. The molecular weight excluding hydrogens is 452 g/mol. The summed E-state index contributed by atoms with van der Waals surface area (Å²) in [6, 6.07) is 18.4. The highest BCUT2D eigenvalue weighted by Gasteiger charge is 2.29. The number of anilines is 1. The molecule has 3 aromatic carbocycles. The number of nitrogens with zero attached hydrogens (tertiary/aromatic N) is 2. The fourth-order valence-electron chi connectivity index (χ4n) is 3.88. The van der Waals surface area contributed by atoms with Gasteiger partial charge in [-0.1, -0.05) is 35.9 Å². The molecular formula is C26H23ClN4O3. The number of benzene rings is 3. The topological polar surface area (TPSA) is 85.2 Å². The van der Waals surface area contributed by atoms with Gasteiger partial charge in [0.2, 0.25) is 5.91 Å². The number of ether oxygens (including phenoxy) is 1. The Morgan fingerprint density at radius 3 is 2.74 bits per heavy atom. The smallest absolute Gasteiger partial charge is 0.257 e. The SMILES string of the molecule is COc1ccccc1-n1ncc2c(NC(=O)c3cc(CNC(=O)C4CC4)ccc3Cl)cccc21. The Morgan fingerprint density at radius 1 is 1.12 bits per heavy atom. The van der Waals surface area contributed by atoms with E-state index >= 15 is 0 Å². The van der Waals surface area contributed by atoms with Gasteiger partial charge < -0.3 is 15.4 Å². The van der Waals surface area contributed by atoms with E-state index in [9.17, 15) is 9.59 Å². The van der Waals surface area contributed by atoms with E-state index < -0.39 is 0 Å². The maximum absolute atomic E-state index is 13.1. The molecule has 8 heteroatoms. The van der Waals surface area contributed by atoms with E-state index in [2.05, 4.69) is 15.7 Å². The van der Waals surface area contributed by atoms with Crippen molar-refractivity contribution in [3.8, 4) is 11.4 Å². The van der Waals surface area contributed by atoms with E-state index in [1.165, 1.54) is 0 Å². The number of fused-ring (bicyclic) bond motifs is 1. The van der Waals surface area contributed by atoms with Crippen molar-refractivity contribution in [3.05, 3.63) is 83.0 Å². The minimum absolute atomic E-state index is 0.0553. The normalized spacial score (nSPS) is 13.0. The summed E-state index contributed by atoms with van der Waals surface area (Å²) in [4.78, 5) is 25.1. The molecule has 1 fully saturated rings. The molecule has 0 unspecified atom stereocenters. The van der Waals surface area contributed by atoms with Crippen LogP contribution < -0.4 is 15.4 Å². The summed E-state index contributed by atoms with van der Waals surface area (Å²) in [7, 11) is 1.62. The predicted molar refractivity (Wildman–Crippen MR) is 132 cm³/mol. The molecule has 4 aromatic rings. The van der Waals surface area contributed by atoms with Gasteiger partial charge in [-0.25, -0.2) is 4.68 Å². The molecule has 1 heterocycles. The van der Waals surface area contributed by atoms with Gasteiger partial charge in [0.1, 0.15) is 11.4 Å². The van der Waals surface area contributed by atoms with Gasteiger partial charge in [-0.2, -0.15) is 5.10 Å². The van der Waals surface area contributed by atoms with Gasteiger partial charge in [0.05, 0.1) is 35.1 Å². The average Bonchev–Trinajstić information content (AvgIpc) is 3.62. The molecule has 1 aromatic heterocycles. The first-order valence-electron chi connectivity index (χ1n) is 11.0. The van der Waals surface area contributed by atoms with Crippen LogP contribution in [0.15, 0.2) is 66.9 Å². The molecule has 34 heavy (non-hydrogen) atoms. The summed E-state index contributed by atoms with van der Waals surface area (Å²) in [5.74, 6) is 0.546. The zero-order chi connectivity index (χ0) is 23.7. The molecule has 172 valence electrons. The number of amides is 2. The molecule has 1 aliphatic carbocycles. The number of aromatic nitrogens is 2. The van der Waals surface area contributed by atoms with Crippen LogP contribution in [0.2, 0.25) is 5.02 Å². The Labute approximate surface area is 201 Å². The summed E-state index contributed by atoms with van der Waals surface area (Å²) in [6.07, 6.45) is 3.60. The van der Waals surface area contributed by atoms with Gasteiger partial charge in [0, 0.05) is 17.8 Å². The lowest BCUT2D eigenvalue weighted by atomic mass is 10.1. The minimum atomic E-state index is -0.335. The highest BCUT2D eigenvalue weighted by Crippen LogP contribution is 2.30. The molecule has 5 rings (SSSR count). The summed E-state index contributed by atoms with van der Waals surface area (Å²) < 4.78 is 7.25. The van der Waals surface area contributed by atoms with Gasteiger partial charge in [0.25, 0.3) is 5.91 Å². The van der Waals surface area contributed by atoms with E-state index in [4.69, 9.17) is 16.3 Å². The molecule has 7 nitrogen and oxygen atoms in total.